The highest BCUT2D eigenvalue weighted by atomic mass is 16.4. The number of nitrogens with one attached hydrogen (secondary N) is 12. The second kappa shape index (κ2) is 50.2. The standard InChI is InChI=1S/C74H104N16O30/c1-5-36(4)61(73(118)90-27-9-12-51(90)72(117)83-43(20-25-57(99)100)65(110)80-42(19-24-56(97)98)66(111)87-48(30-38-13-15-39(91)16-14-38)70(115)86-46(28-35(2)3)68(113)84-45(74(119)120)17-22-52(76)92)89-67(112)44(21-26-58(101)102)81-64(109)41(18-23-55(95)96)82-69(114)47(29-37-10-7-6-8-11-37)88-71(116)50(33-60(105)106)79-54(94)34-78-63(108)49(32-59(103)104)85-62(107)40(75)31-53(77)93/h6-8,10-11,13-16,35-36,40-51,61,91H,5,9,12,17-34,75H2,1-4H3,(H2,76,92)(H2,77,93)(H,78,108)(H,79,94)(H,80,110)(H,81,109)(H,82,114)(H,83,117)(H,84,113)(H,85,107)(H,86,115)(H,87,111)(H,88,116)(H,89,112)(H,95,96)(H,97,98)(H,99,100)(H,101,102)(H,103,104)(H,105,106)(H,119,120)/t36-,40-,41-,42-,43-,44-,45-,46-,47-,48-,49-,50-,51-,61-/m0/s1. The Morgan fingerprint density at radius 2 is 0.800 bits per heavy atom. The average molecular weight is 1700 g/mol. The fourth-order valence-electron chi connectivity index (χ4n) is 12.0. The largest absolute Gasteiger partial charge is 0.508 e. The Balaban J connectivity index is 1.99. The molecule has 0 unspecified atom stereocenters. The molecule has 26 N–H and O–H groups in total. The Bertz CT molecular complexity index is 4050. The molecule has 15 amide bonds. The molecule has 0 aromatic heterocycles. The van der Waals surface area contributed by atoms with E-state index < -0.39 is 318 Å². The summed E-state index contributed by atoms with van der Waals surface area (Å²) in [7, 11) is 0. The Morgan fingerprint density at radius 1 is 0.417 bits per heavy atom. The smallest absolute Gasteiger partial charge is 0.326 e. The molecule has 0 bridgehead atoms. The molecule has 46 heteroatoms. The van der Waals surface area contributed by atoms with E-state index in [0.29, 0.717) is 0 Å². The number of carbonyl (C=O) groups excluding carboxylic acids is 15. The molecule has 2 aromatic carbocycles. The predicted octanol–water partition coefficient (Wildman–Crippen LogP) is -6.33. The van der Waals surface area contributed by atoms with Crippen LogP contribution in [0.2, 0.25) is 0 Å². The van der Waals surface area contributed by atoms with E-state index in [9.17, 15) is 146 Å². The second-order valence-electron chi connectivity index (χ2n) is 28.7. The van der Waals surface area contributed by atoms with Gasteiger partial charge in [0.2, 0.25) is 88.6 Å². The van der Waals surface area contributed by atoms with E-state index in [1.165, 1.54) is 55.5 Å². The number of nitrogens with zero attached hydrogens (tertiary/aromatic N) is 1. The van der Waals surface area contributed by atoms with Crippen molar-refractivity contribution in [3.63, 3.8) is 0 Å². The maximum Gasteiger partial charge on any atom is 0.326 e. The van der Waals surface area contributed by atoms with Crippen LogP contribution in [0.15, 0.2) is 54.6 Å². The number of aromatic hydroxyl groups is 1. The van der Waals surface area contributed by atoms with E-state index in [0.717, 1.165) is 4.90 Å². The molecule has 660 valence electrons. The Morgan fingerprint density at radius 3 is 1.23 bits per heavy atom. The van der Waals surface area contributed by atoms with E-state index in [1.807, 2.05) is 16.0 Å². The van der Waals surface area contributed by atoms with Crippen LogP contribution < -0.4 is 81.0 Å². The van der Waals surface area contributed by atoms with Gasteiger partial charge in [0.1, 0.15) is 78.3 Å². The van der Waals surface area contributed by atoms with Gasteiger partial charge in [-0.25, -0.2) is 4.79 Å². The Kier molecular flexibility index (Phi) is 42.2. The van der Waals surface area contributed by atoms with Crippen LogP contribution >= 0.6 is 0 Å². The lowest BCUT2D eigenvalue weighted by Crippen LogP contribution is -2.61. The van der Waals surface area contributed by atoms with Crippen LogP contribution in [-0.2, 0) is 118 Å². The van der Waals surface area contributed by atoms with Crippen LogP contribution in [0.1, 0.15) is 148 Å². The number of rotatable bonds is 55. The molecule has 1 heterocycles. The molecule has 2 aromatic rings. The zero-order chi connectivity index (χ0) is 90.4. The first-order valence-corrected chi connectivity index (χ1v) is 37.9. The molecule has 14 atom stereocenters. The number of carbonyl (C=O) groups is 22. The van der Waals surface area contributed by atoms with Gasteiger partial charge >= 0.3 is 41.8 Å². The number of aliphatic carboxylic acids is 7. The number of phenols is 1. The van der Waals surface area contributed by atoms with Gasteiger partial charge in [0.25, 0.3) is 0 Å². The van der Waals surface area contributed by atoms with E-state index in [1.54, 1.807) is 26.8 Å². The highest BCUT2D eigenvalue weighted by molar-refractivity contribution is 6.01. The quantitative estimate of drug-likeness (QED) is 0.0293. The minimum absolute atomic E-state index is 0.0664. The van der Waals surface area contributed by atoms with Crippen molar-refractivity contribution < 1.29 is 146 Å². The van der Waals surface area contributed by atoms with E-state index >= 15 is 0 Å². The highest BCUT2D eigenvalue weighted by Crippen LogP contribution is 2.23. The van der Waals surface area contributed by atoms with Crippen LogP contribution in [0, 0.1) is 11.8 Å². The number of amides is 15. The molecule has 0 aliphatic carbocycles. The van der Waals surface area contributed by atoms with Gasteiger partial charge in [-0.3, -0.25) is 101 Å². The summed E-state index contributed by atoms with van der Waals surface area (Å²) < 4.78 is 0. The van der Waals surface area contributed by atoms with Crippen molar-refractivity contribution in [3.8, 4) is 5.75 Å². The van der Waals surface area contributed by atoms with Crippen LogP contribution in [0.25, 0.3) is 0 Å². The van der Waals surface area contributed by atoms with Crippen molar-refractivity contribution in [2.75, 3.05) is 13.1 Å². The number of likely N-dealkylation sites (tertiary alicyclic amines) is 1. The van der Waals surface area contributed by atoms with Crippen molar-refractivity contribution >= 4 is 130 Å². The molecule has 1 saturated heterocycles. The van der Waals surface area contributed by atoms with Crippen molar-refractivity contribution in [2.24, 2.45) is 29.0 Å². The van der Waals surface area contributed by atoms with Crippen LogP contribution in [0.4, 0.5) is 0 Å². The Hall–Kier alpha value is -13.5. The zero-order valence-electron chi connectivity index (χ0n) is 65.9. The van der Waals surface area contributed by atoms with Crippen LogP contribution in [0.5, 0.6) is 5.75 Å². The van der Waals surface area contributed by atoms with Gasteiger partial charge in [-0.2, -0.15) is 0 Å². The number of phenolic OH excluding ortho intramolecular Hbond substituents is 1. The monoisotopic (exact) mass is 1700 g/mol. The first-order valence-electron chi connectivity index (χ1n) is 37.9. The third-order valence-corrected chi connectivity index (χ3v) is 18.5. The van der Waals surface area contributed by atoms with Crippen molar-refractivity contribution in [3.05, 3.63) is 65.7 Å². The van der Waals surface area contributed by atoms with Gasteiger partial charge < -0.3 is 127 Å². The topological polar surface area (TPSA) is 763 Å². The Labute approximate surface area is 684 Å². The van der Waals surface area contributed by atoms with Crippen molar-refractivity contribution in [1.29, 1.82) is 0 Å². The summed E-state index contributed by atoms with van der Waals surface area (Å²) in [6, 6.07) is -10.7. The molecule has 1 fully saturated rings. The lowest BCUT2D eigenvalue weighted by atomic mass is 9.96. The van der Waals surface area contributed by atoms with Gasteiger partial charge in [0.15, 0.2) is 0 Å². The maximum absolute atomic E-state index is 14.9. The molecule has 0 spiro atoms. The van der Waals surface area contributed by atoms with E-state index in [4.69, 9.17) is 17.2 Å². The van der Waals surface area contributed by atoms with Crippen molar-refractivity contribution in [2.45, 2.75) is 228 Å². The molecule has 0 radical (unpaired) electrons. The van der Waals surface area contributed by atoms with Crippen molar-refractivity contribution in [1.82, 2.24) is 68.7 Å². The minimum atomic E-state index is -2.10. The SMILES string of the molecule is CC[C@H](C)[C@H](NC(=O)[C@H](CCC(=O)O)NC(=O)[C@H](CCC(=O)O)NC(=O)[C@H](Cc1ccccc1)NC(=O)[C@H](CC(=O)O)NC(=O)CNC(=O)[C@H](CC(=O)O)NC(=O)[C@@H](N)CC(N)=O)C(=O)N1CCC[C@H]1C(=O)N[C@@H](CCC(=O)O)C(=O)N[C@@H](CCC(=O)O)C(=O)N[C@@H](Cc1ccc(O)cc1)C(=O)N[C@@H](CC(C)C)C(=O)N[C@@H](CCC(N)=O)C(=O)O. The van der Waals surface area contributed by atoms with Crippen LogP contribution in [0.3, 0.4) is 0 Å². The van der Waals surface area contributed by atoms with Gasteiger partial charge in [-0.15, -0.1) is 0 Å². The third-order valence-electron chi connectivity index (χ3n) is 18.5. The predicted molar refractivity (Wildman–Crippen MR) is 410 cm³/mol. The van der Waals surface area contributed by atoms with Gasteiger partial charge in [-0.05, 0) is 86.5 Å². The summed E-state index contributed by atoms with van der Waals surface area (Å²) in [4.78, 5) is 291. The summed E-state index contributed by atoms with van der Waals surface area (Å²) in [6.45, 7) is 5.02. The fraction of sp³-hybridized carbons (Fsp3) is 0.541. The average Bonchev–Trinajstić information content (AvgIpc) is 1.66. The van der Waals surface area contributed by atoms with Gasteiger partial charge in [-0.1, -0.05) is 76.6 Å². The minimum Gasteiger partial charge on any atom is -0.508 e. The third kappa shape index (κ3) is 36.8. The first kappa shape index (κ1) is 101. The lowest BCUT2D eigenvalue weighted by molar-refractivity contribution is -0.144. The van der Waals surface area contributed by atoms with E-state index in [-0.39, 0.29) is 55.0 Å². The van der Waals surface area contributed by atoms with Gasteiger partial charge in [0.05, 0.1) is 31.8 Å². The summed E-state index contributed by atoms with van der Waals surface area (Å²) >= 11 is 0. The number of primary amides is 2. The lowest BCUT2D eigenvalue weighted by Gasteiger charge is -2.33. The highest BCUT2D eigenvalue weighted by Gasteiger charge is 2.43. The van der Waals surface area contributed by atoms with E-state index in [2.05, 4.69) is 47.9 Å². The number of nitrogens with two attached hydrogens (primary N) is 3. The molecular formula is C74H104N16O30. The summed E-state index contributed by atoms with van der Waals surface area (Å²) in [6.07, 6.45) is -11.5. The molecule has 1 aliphatic heterocycles. The summed E-state index contributed by atoms with van der Waals surface area (Å²) in [5.74, 6) is -30.3. The number of hydrogen-bond donors (Lipinski definition) is 23. The number of hydrogen-bond acceptors (Lipinski definition) is 24. The summed E-state index contributed by atoms with van der Waals surface area (Å²) in [5.41, 5.74) is 16.4. The molecule has 120 heavy (non-hydrogen) atoms. The normalized spacial score (nSPS) is 15.5. The first-order chi connectivity index (χ1) is 56.3. The molecular weight excluding hydrogens is 1590 g/mol. The summed E-state index contributed by atoms with van der Waals surface area (Å²) in [5, 5.41) is 105. The molecule has 46 nitrogen and oxygen atoms in total. The zero-order valence-corrected chi connectivity index (χ0v) is 65.9. The number of carboxylic acid groups (broad SMARTS) is 7. The fourth-order valence-corrected chi connectivity index (χ4v) is 12.0. The van der Waals surface area contributed by atoms with Gasteiger partial charge in [0, 0.05) is 51.5 Å². The molecule has 0 saturated carbocycles. The molecule has 1 aliphatic rings. The maximum atomic E-state index is 14.9. The number of benzene rings is 2. The molecule has 3 rings (SSSR count). The number of carboxylic acids is 7. The second-order valence-corrected chi connectivity index (χ2v) is 28.7. The van der Waals surface area contributed by atoms with Crippen LogP contribution in [-0.4, -0.2) is 268 Å².